The van der Waals surface area contributed by atoms with Gasteiger partial charge in [0.15, 0.2) is 5.13 Å². The van der Waals surface area contributed by atoms with Crippen LogP contribution in [0.4, 0.5) is 10.1 Å². The Morgan fingerprint density at radius 2 is 2.50 bits per heavy atom. The van der Waals surface area contributed by atoms with Crippen molar-refractivity contribution in [2.75, 3.05) is 25.0 Å². The number of nitrogens with zero attached hydrogens (tertiary/aromatic N) is 3. The van der Waals surface area contributed by atoms with Crippen molar-refractivity contribution in [1.82, 2.24) is 4.98 Å². The van der Waals surface area contributed by atoms with Crippen LogP contribution in [0.2, 0.25) is 0 Å². The van der Waals surface area contributed by atoms with Gasteiger partial charge in [0.2, 0.25) is 0 Å². The molecule has 0 radical (unpaired) electrons. The average Bonchev–Trinajstić information content (AvgIpc) is 2.62. The van der Waals surface area contributed by atoms with Gasteiger partial charge >= 0.3 is 5.00 Å². The highest BCUT2D eigenvalue weighted by molar-refractivity contribution is 7.18. The number of hydrogen-bond donors (Lipinski definition) is 1. The Morgan fingerprint density at radius 3 is 3.00 bits per heavy atom. The minimum atomic E-state index is -0.433. The maximum atomic E-state index is 10.4. The summed E-state index contributed by atoms with van der Waals surface area (Å²) in [4.78, 5) is 15.8. The van der Waals surface area contributed by atoms with Gasteiger partial charge in [-0.05, 0) is 24.3 Å². The Balaban J connectivity index is 2.61. The van der Waals surface area contributed by atoms with Gasteiger partial charge in [-0.3, -0.25) is 10.1 Å². The van der Waals surface area contributed by atoms with Crippen LogP contribution < -0.4 is 10.6 Å². The van der Waals surface area contributed by atoms with Crippen molar-refractivity contribution >= 4 is 21.5 Å². The van der Waals surface area contributed by atoms with Gasteiger partial charge in [-0.2, -0.15) is 0 Å². The molecule has 1 aromatic rings. The molecule has 1 heterocycles. The first-order chi connectivity index (χ1) is 6.65. The lowest BCUT2D eigenvalue weighted by Crippen LogP contribution is -2.20. The Labute approximate surface area is 85.5 Å². The van der Waals surface area contributed by atoms with Crippen LogP contribution in [0, 0.1) is 10.1 Å². The Hall–Kier alpha value is -1.21. The molecule has 0 fully saturated rings. The van der Waals surface area contributed by atoms with Crippen molar-refractivity contribution < 1.29 is 4.92 Å². The summed E-state index contributed by atoms with van der Waals surface area (Å²) in [7, 11) is 1.85. The first-order valence-electron chi connectivity index (χ1n) is 4.16. The first-order valence-corrected chi connectivity index (χ1v) is 4.98. The largest absolute Gasteiger partial charge is 0.351 e. The molecule has 6 nitrogen and oxygen atoms in total. The van der Waals surface area contributed by atoms with E-state index in [4.69, 9.17) is 5.73 Å². The zero-order chi connectivity index (χ0) is 10.6. The summed E-state index contributed by atoms with van der Waals surface area (Å²) < 4.78 is 0. The molecule has 0 saturated carbocycles. The molecule has 0 aliphatic heterocycles. The second kappa shape index (κ2) is 4.87. The van der Waals surface area contributed by atoms with E-state index in [9.17, 15) is 10.1 Å². The van der Waals surface area contributed by atoms with Gasteiger partial charge in [-0.1, -0.05) is 0 Å². The Bertz CT molecular complexity index is 314. The third-order valence-electron chi connectivity index (χ3n) is 1.69. The van der Waals surface area contributed by atoms with E-state index in [0.29, 0.717) is 11.7 Å². The van der Waals surface area contributed by atoms with Gasteiger partial charge in [0.25, 0.3) is 0 Å². The third-order valence-corrected chi connectivity index (χ3v) is 2.75. The molecule has 0 atom stereocenters. The molecule has 0 spiro atoms. The normalized spacial score (nSPS) is 10.1. The van der Waals surface area contributed by atoms with Crippen molar-refractivity contribution in [3.8, 4) is 0 Å². The van der Waals surface area contributed by atoms with E-state index >= 15 is 0 Å². The number of anilines is 1. The maximum absolute atomic E-state index is 10.4. The van der Waals surface area contributed by atoms with E-state index in [1.165, 1.54) is 6.20 Å². The van der Waals surface area contributed by atoms with Gasteiger partial charge in [0, 0.05) is 13.6 Å². The van der Waals surface area contributed by atoms with E-state index in [2.05, 4.69) is 4.98 Å². The number of hydrogen-bond acceptors (Lipinski definition) is 6. The molecule has 0 aliphatic carbocycles. The van der Waals surface area contributed by atoms with E-state index in [-0.39, 0.29) is 5.00 Å². The predicted molar refractivity (Wildman–Crippen MR) is 55.7 cm³/mol. The van der Waals surface area contributed by atoms with E-state index < -0.39 is 4.92 Å². The van der Waals surface area contributed by atoms with Crippen LogP contribution in [0.1, 0.15) is 6.42 Å². The zero-order valence-corrected chi connectivity index (χ0v) is 8.66. The summed E-state index contributed by atoms with van der Waals surface area (Å²) in [5.41, 5.74) is 5.36. The van der Waals surface area contributed by atoms with E-state index in [1.54, 1.807) is 0 Å². The molecule has 0 amide bonds. The first kappa shape index (κ1) is 10.9. The molecule has 1 aromatic heterocycles. The summed E-state index contributed by atoms with van der Waals surface area (Å²) >= 11 is 1.07. The monoisotopic (exact) mass is 216 g/mol. The molecule has 0 aliphatic rings. The minimum absolute atomic E-state index is 0.0691. The molecule has 0 saturated heterocycles. The van der Waals surface area contributed by atoms with Crippen molar-refractivity contribution in [1.29, 1.82) is 0 Å². The highest BCUT2D eigenvalue weighted by atomic mass is 32.1. The van der Waals surface area contributed by atoms with Crippen LogP contribution in [0.5, 0.6) is 0 Å². The molecule has 2 N–H and O–H groups in total. The molecule has 0 bridgehead atoms. The van der Waals surface area contributed by atoms with Gasteiger partial charge < -0.3 is 10.6 Å². The number of thiazole rings is 1. The fourth-order valence-electron chi connectivity index (χ4n) is 0.942. The highest BCUT2D eigenvalue weighted by Gasteiger charge is 2.13. The van der Waals surface area contributed by atoms with Gasteiger partial charge in [0.1, 0.15) is 6.20 Å². The summed E-state index contributed by atoms with van der Waals surface area (Å²) in [5, 5.41) is 11.1. The SMILES string of the molecule is CN(CCCN)c1ncc([N+](=O)[O-])s1. The second-order valence-electron chi connectivity index (χ2n) is 2.80. The van der Waals surface area contributed by atoms with E-state index in [0.717, 1.165) is 24.3 Å². The summed E-state index contributed by atoms with van der Waals surface area (Å²) in [6.07, 6.45) is 2.13. The number of aromatic nitrogens is 1. The van der Waals surface area contributed by atoms with Crippen molar-refractivity contribution in [3.63, 3.8) is 0 Å². The predicted octanol–water partition coefficient (Wildman–Crippen LogP) is 0.836. The lowest BCUT2D eigenvalue weighted by molar-refractivity contribution is -0.380. The van der Waals surface area contributed by atoms with Crippen LogP contribution in [0.15, 0.2) is 6.20 Å². The standard InChI is InChI=1S/C7H12N4O2S/c1-10(4-2-3-8)7-9-5-6(14-7)11(12)13/h5H,2-4,8H2,1H3. The fourth-order valence-corrected chi connectivity index (χ4v) is 1.66. The molecule has 14 heavy (non-hydrogen) atoms. The number of nitrogens with two attached hydrogens (primary N) is 1. The second-order valence-corrected chi connectivity index (χ2v) is 3.79. The zero-order valence-electron chi connectivity index (χ0n) is 7.84. The minimum Gasteiger partial charge on any atom is -0.351 e. The Kier molecular flexibility index (Phi) is 3.78. The van der Waals surface area contributed by atoms with Crippen LogP contribution in [-0.4, -0.2) is 30.0 Å². The summed E-state index contributed by atoms with van der Waals surface area (Å²) in [6, 6.07) is 0. The van der Waals surface area contributed by atoms with E-state index in [1.807, 2.05) is 11.9 Å². The molecule has 7 heteroatoms. The number of rotatable bonds is 5. The maximum Gasteiger partial charge on any atom is 0.345 e. The van der Waals surface area contributed by atoms with Crippen LogP contribution in [0.3, 0.4) is 0 Å². The number of nitro groups is 1. The van der Waals surface area contributed by atoms with Crippen LogP contribution in [0.25, 0.3) is 0 Å². The summed E-state index contributed by atoms with van der Waals surface area (Å²) in [5.74, 6) is 0. The molecule has 0 aromatic carbocycles. The smallest absolute Gasteiger partial charge is 0.345 e. The van der Waals surface area contributed by atoms with Crippen molar-refractivity contribution in [2.45, 2.75) is 6.42 Å². The van der Waals surface area contributed by atoms with Gasteiger partial charge in [0.05, 0.1) is 4.92 Å². The molecule has 78 valence electrons. The lowest BCUT2D eigenvalue weighted by Gasteiger charge is -2.13. The lowest BCUT2D eigenvalue weighted by atomic mass is 10.4. The molecule has 1 rings (SSSR count). The highest BCUT2D eigenvalue weighted by Crippen LogP contribution is 2.27. The van der Waals surface area contributed by atoms with Crippen LogP contribution in [-0.2, 0) is 0 Å². The average molecular weight is 216 g/mol. The van der Waals surface area contributed by atoms with Crippen LogP contribution >= 0.6 is 11.3 Å². The molecule has 0 unspecified atom stereocenters. The molecular formula is C7H12N4O2S. The Morgan fingerprint density at radius 1 is 1.79 bits per heavy atom. The van der Waals surface area contributed by atoms with Gasteiger partial charge in [-0.25, -0.2) is 4.98 Å². The van der Waals surface area contributed by atoms with Crippen molar-refractivity contribution in [3.05, 3.63) is 16.3 Å². The quantitative estimate of drug-likeness (QED) is 0.582. The molecular weight excluding hydrogens is 204 g/mol. The summed E-state index contributed by atoms with van der Waals surface area (Å²) in [6.45, 7) is 1.37. The fraction of sp³-hybridized carbons (Fsp3) is 0.571. The van der Waals surface area contributed by atoms with Crippen molar-refractivity contribution in [2.24, 2.45) is 5.73 Å². The van der Waals surface area contributed by atoms with Gasteiger partial charge in [-0.15, -0.1) is 0 Å². The third kappa shape index (κ3) is 2.64. The topological polar surface area (TPSA) is 85.3 Å².